The number of ether oxygens (including phenoxy) is 1. The molecule has 4 aromatic rings. The third-order valence-electron chi connectivity index (χ3n) is 6.39. The van der Waals surface area contributed by atoms with Crippen molar-refractivity contribution in [1.82, 2.24) is 14.8 Å². The number of thioether (sulfide) groups is 1. The summed E-state index contributed by atoms with van der Waals surface area (Å²) in [4.78, 5) is 18.4. The molecule has 38 heavy (non-hydrogen) atoms. The Morgan fingerprint density at radius 3 is 2.55 bits per heavy atom. The molecule has 1 aliphatic heterocycles. The normalized spacial score (nSPS) is 14.6. The zero-order chi connectivity index (χ0) is 26.6. The summed E-state index contributed by atoms with van der Waals surface area (Å²) in [6.45, 7) is 4.02. The van der Waals surface area contributed by atoms with Gasteiger partial charge in [0.1, 0.15) is 11.8 Å². The van der Waals surface area contributed by atoms with Crippen LogP contribution in [0, 0.1) is 0 Å². The van der Waals surface area contributed by atoms with Gasteiger partial charge in [0.15, 0.2) is 0 Å². The van der Waals surface area contributed by atoms with Crippen molar-refractivity contribution in [3.05, 3.63) is 106 Å². The fraction of sp³-hybridized carbons (Fsp3) is 0.207. The van der Waals surface area contributed by atoms with Crippen LogP contribution in [0.5, 0.6) is 5.75 Å². The Morgan fingerprint density at radius 2 is 1.87 bits per heavy atom. The van der Waals surface area contributed by atoms with Crippen molar-refractivity contribution in [2.45, 2.75) is 37.2 Å². The van der Waals surface area contributed by atoms with E-state index < -0.39 is 6.04 Å². The van der Waals surface area contributed by atoms with Crippen LogP contribution in [0.2, 0.25) is 5.02 Å². The van der Waals surface area contributed by atoms with E-state index in [9.17, 15) is 4.79 Å². The van der Waals surface area contributed by atoms with E-state index in [1.807, 2.05) is 55.5 Å². The first-order chi connectivity index (χ1) is 18.4. The third-order valence-corrected chi connectivity index (χ3v) is 7.53. The summed E-state index contributed by atoms with van der Waals surface area (Å²) in [5, 5.41) is 12.5. The molecule has 1 aromatic heterocycles. The number of aryl methyl sites for hydroxylation is 1. The second-order valence-electron chi connectivity index (χ2n) is 8.93. The van der Waals surface area contributed by atoms with Crippen molar-refractivity contribution in [2.75, 3.05) is 17.7 Å². The molecule has 2 N–H and O–H groups in total. The van der Waals surface area contributed by atoms with Gasteiger partial charge in [-0.15, -0.1) is 5.10 Å². The molecule has 0 spiro atoms. The molecule has 9 heteroatoms. The molecule has 0 saturated carbocycles. The summed E-state index contributed by atoms with van der Waals surface area (Å²) >= 11 is 7.67. The Morgan fingerprint density at radius 1 is 1.11 bits per heavy atom. The van der Waals surface area contributed by atoms with E-state index in [1.165, 1.54) is 17.3 Å². The highest BCUT2D eigenvalue weighted by Gasteiger charge is 2.34. The number of benzene rings is 3. The number of rotatable bonds is 8. The van der Waals surface area contributed by atoms with Crippen molar-refractivity contribution in [1.29, 1.82) is 0 Å². The zero-order valence-corrected chi connectivity index (χ0v) is 22.9. The van der Waals surface area contributed by atoms with E-state index in [-0.39, 0.29) is 5.91 Å². The molecule has 1 amide bonds. The highest BCUT2D eigenvalue weighted by atomic mass is 35.5. The van der Waals surface area contributed by atoms with Gasteiger partial charge in [-0.3, -0.25) is 4.79 Å². The van der Waals surface area contributed by atoms with Crippen LogP contribution in [0.25, 0.3) is 0 Å². The average Bonchev–Trinajstić information content (AvgIpc) is 3.34. The molecule has 0 bridgehead atoms. The van der Waals surface area contributed by atoms with Crippen LogP contribution in [0.1, 0.15) is 36.6 Å². The maximum Gasteiger partial charge on any atom is 0.255 e. The number of halogens is 1. The van der Waals surface area contributed by atoms with Gasteiger partial charge >= 0.3 is 0 Å². The number of allylic oxidation sites excluding steroid dienone is 1. The molecule has 2 heterocycles. The lowest BCUT2D eigenvalue weighted by Gasteiger charge is -2.28. The maximum atomic E-state index is 13.7. The highest BCUT2D eigenvalue weighted by Crippen LogP contribution is 2.37. The number of fused-ring (bicyclic) bond motifs is 1. The second-order valence-corrected chi connectivity index (χ2v) is 10.3. The van der Waals surface area contributed by atoms with E-state index >= 15 is 0 Å². The number of hydrogen-bond donors (Lipinski definition) is 2. The van der Waals surface area contributed by atoms with Crippen LogP contribution in [-0.2, 0) is 17.0 Å². The fourth-order valence-electron chi connectivity index (χ4n) is 4.38. The number of anilines is 2. The van der Waals surface area contributed by atoms with Crippen molar-refractivity contribution < 1.29 is 9.53 Å². The largest absolute Gasteiger partial charge is 0.497 e. The molecular formula is C29H28ClN5O2S. The molecular weight excluding hydrogens is 518 g/mol. The first-order valence-electron chi connectivity index (χ1n) is 12.3. The van der Waals surface area contributed by atoms with Gasteiger partial charge in [-0.1, -0.05) is 66.7 Å². The van der Waals surface area contributed by atoms with Gasteiger partial charge in [0.2, 0.25) is 11.1 Å². The number of carbonyl (C=O) groups excluding carboxylic acids is 1. The lowest BCUT2D eigenvalue weighted by Crippen LogP contribution is -2.31. The predicted molar refractivity (Wildman–Crippen MR) is 153 cm³/mol. The van der Waals surface area contributed by atoms with Crippen LogP contribution in [0.3, 0.4) is 0 Å². The van der Waals surface area contributed by atoms with Crippen LogP contribution in [-0.4, -0.2) is 27.8 Å². The number of amides is 1. The summed E-state index contributed by atoms with van der Waals surface area (Å²) in [6, 6.07) is 22.9. The Balaban J connectivity index is 1.47. The number of nitrogens with one attached hydrogen (secondary N) is 2. The molecule has 194 valence electrons. The van der Waals surface area contributed by atoms with Gasteiger partial charge in [0.05, 0.1) is 12.7 Å². The number of nitrogens with zero attached hydrogens (tertiary/aromatic N) is 3. The quantitative estimate of drug-likeness (QED) is 0.239. The SMILES string of the molecule is CCc1ccc(C2C(C(=O)Nc3ccc(OC)cc3)=C(C)Nc3nc(SCc4cccc(Cl)c4)nn32)cc1. The van der Waals surface area contributed by atoms with Gasteiger partial charge in [-0.05, 0) is 66.4 Å². The van der Waals surface area contributed by atoms with Crippen LogP contribution < -0.4 is 15.4 Å². The summed E-state index contributed by atoms with van der Waals surface area (Å²) in [6.07, 6.45) is 0.936. The molecule has 0 aliphatic carbocycles. The minimum Gasteiger partial charge on any atom is -0.497 e. The zero-order valence-electron chi connectivity index (χ0n) is 21.4. The van der Waals surface area contributed by atoms with E-state index in [4.69, 9.17) is 26.4 Å². The molecule has 3 aromatic carbocycles. The molecule has 7 nitrogen and oxygen atoms in total. The van der Waals surface area contributed by atoms with E-state index in [0.717, 1.165) is 29.0 Å². The Labute approximate surface area is 231 Å². The monoisotopic (exact) mass is 545 g/mol. The maximum absolute atomic E-state index is 13.7. The minimum absolute atomic E-state index is 0.209. The van der Waals surface area contributed by atoms with Crippen LogP contribution in [0.15, 0.2) is 89.2 Å². The number of aromatic nitrogens is 3. The summed E-state index contributed by atoms with van der Waals surface area (Å²) < 4.78 is 7.04. The van der Waals surface area contributed by atoms with Gasteiger partial charge in [-0.2, -0.15) is 4.98 Å². The molecule has 0 fully saturated rings. The topological polar surface area (TPSA) is 81.1 Å². The van der Waals surface area contributed by atoms with E-state index in [1.54, 1.807) is 11.8 Å². The van der Waals surface area contributed by atoms with Crippen LogP contribution in [0.4, 0.5) is 11.6 Å². The number of hydrogen-bond acceptors (Lipinski definition) is 6. The highest BCUT2D eigenvalue weighted by molar-refractivity contribution is 7.98. The molecule has 1 unspecified atom stereocenters. The summed E-state index contributed by atoms with van der Waals surface area (Å²) in [7, 11) is 1.61. The molecule has 1 aliphatic rings. The lowest BCUT2D eigenvalue weighted by atomic mass is 9.94. The summed E-state index contributed by atoms with van der Waals surface area (Å²) in [5.74, 6) is 1.79. The van der Waals surface area contributed by atoms with Gasteiger partial charge in [0.25, 0.3) is 5.91 Å². The van der Waals surface area contributed by atoms with Crippen molar-refractivity contribution in [3.8, 4) is 5.75 Å². The number of carbonyl (C=O) groups is 1. The molecule has 0 saturated heterocycles. The average molecular weight is 546 g/mol. The Hall–Kier alpha value is -3.75. The van der Waals surface area contributed by atoms with Crippen molar-refractivity contribution >= 4 is 40.9 Å². The lowest BCUT2D eigenvalue weighted by molar-refractivity contribution is -0.113. The van der Waals surface area contributed by atoms with Crippen molar-refractivity contribution in [2.24, 2.45) is 0 Å². The van der Waals surface area contributed by atoms with Gasteiger partial charge < -0.3 is 15.4 Å². The third kappa shape index (κ3) is 5.56. The van der Waals surface area contributed by atoms with Crippen molar-refractivity contribution in [3.63, 3.8) is 0 Å². The Bertz CT molecular complexity index is 1480. The first kappa shape index (κ1) is 25.9. The summed E-state index contributed by atoms with van der Waals surface area (Å²) in [5.41, 5.74) is 5.26. The smallest absolute Gasteiger partial charge is 0.255 e. The second kappa shape index (κ2) is 11.3. The molecule has 0 radical (unpaired) electrons. The fourth-order valence-corrected chi connectivity index (χ4v) is 5.36. The van der Waals surface area contributed by atoms with Gasteiger partial charge in [0, 0.05) is 22.2 Å². The first-order valence-corrected chi connectivity index (χ1v) is 13.7. The molecule has 1 atom stereocenters. The standard InChI is InChI=1S/C29H28ClN5O2S/c1-4-19-8-10-21(11-9-19)26-25(27(36)32-23-12-14-24(37-3)15-13-23)18(2)31-28-33-29(34-35(26)28)38-17-20-6-5-7-22(30)16-20/h5-16,26H,4,17H2,1-3H3,(H,32,36)(H,31,33,34). The predicted octanol–water partition coefficient (Wildman–Crippen LogP) is 6.72. The van der Waals surface area contributed by atoms with Gasteiger partial charge in [-0.25, -0.2) is 4.68 Å². The van der Waals surface area contributed by atoms with E-state index in [2.05, 4.69) is 41.8 Å². The van der Waals surface area contributed by atoms with E-state index in [0.29, 0.717) is 33.1 Å². The number of methoxy groups -OCH3 is 1. The Kier molecular flexibility index (Phi) is 7.72. The van der Waals surface area contributed by atoms with Crippen LogP contribution >= 0.6 is 23.4 Å². The molecule has 5 rings (SSSR count). The minimum atomic E-state index is -0.441.